The number of aromatic nitrogens is 1. The number of pyridine rings is 1. The first-order chi connectivity index (χ1) is 9.31. The summed E-state index contributed by atoms with van der Waals surface area (Å²) < 4.78 is 5.00. The van der Waals surface area contributed by atoms with E-state index in [1.54, 1.807) is 7.11 Å². The molecule has 0 saturated carbocycles. The van der Waals surface area contributed by atoms with Gasteiger partial charge in [-0.25, -0.2) is 4.98 Å². The van der Waals surface area contributed by atoms with Crippen molar-refractivity contribution in [3.8, 4) is 0 Å². The summed E-state index contributed by atoms with van der Waals surface area (Å²) in [7, 11) is 1.72. The SMILES string of the molecule is CCCN(CCC)c1ccc(CNCCOC)cn1. The van der Waals surface area contributed by atoms with E-state index in [0.29, 0.717) is 0 Å². The van der Waals surface area contributed by atoms with E-state index in [9.17, 15) is 0 Å². The second kappa shape index (κ2) is 9.75. The third-order valence-electron chi connectivity index (χ3n) is 2.93. The number of nitrogens with zero attached hydrogens (tertiary/aromatic N) is 2. The highest BCUT2D eigenvalue weighted by atomic mass is 16.5. The molecule has 1 N–H and O–H groups in total. The summed E-state index contributed by atoms with van der Waals surface area (Å²) >= 11 is 0. The Morgan fingerprint density at radius 3 is 2.47 bits per heavy atom. The minimum atomic E-state index is 0.742. The van der Waals surface area contributed by atoms with E-state index in [2.05, 4.69) is 41.2 Å². The van der Waals surface area contributed by atoms with Gasteiger partial charge < -0.3 is 15.0 Å². The lowest BCUT2D eigenvalue weighted by molar-refractivity contribution is 0.199. The average Bonchev–Trinajstić information content (AvgIpc) is 2.44. The number of methoxy groups -OCH3 is 1. The maximum atomic E-state index is 5.00. The molecule has 0 aliphatic carbocycles. The van der Waals surface area contributed by atoms with Gasteiger partial charge in [-0.15, -0.1) is 0 Å². The van der Waals surface area contributed by atoms with Crippen molar-refractivity contribution in [3.63, 3.8) is 0 Å². The number of hydrogen-bond donors (Lipinski definition) is 1. The van der Waals surface area contributed by atoms with Gasteiger partial charge in [0.05, 0.1) is 6.61 Å². The zero-order valence-corrected chi connectivity index (χ0v) is 12.5. The molecule has 0 fully saturated rings. The van der Waals surface area contributed by atoms with Gasteiger partial charge in [0.15, 0.2) is 0 Å². The smallest absolute Gasteiger partial charge is 0.128 e. The molecule has 4 nitrogen and oxygen atoms in total. The molecular weight excluding hydrogens is 238 g/mol. The Morgan fingerprint density at radius 2 is 1.95 bits per heavy atom. The van der Waals surface area contributed by atoms with Gasteiger partial charge in [-0.1, -0.05) is 19.9 Å². The molecule has 0 aliphatic rings. The standard InChI is InChI=1S/C15H27N3O/c1-4-9-18(10-5-2)15-7-6-14(13-17-15)12-16-8-11-19-3/h6-7,13,16H,4-5,8-12H2,1-3H3. The van der Waals surface area contributed by atoms with Crippen LogP contribution in [0.4, 0.5) is 5.82 Å². The van der Waals surface area contributed by atoms with Crippen molar-refractivity contribution in [3.05, 3.63) is 23.9 Å². The fourth-order valence-electron chi connectivity index (χ4n) is 2.00. The van der Waals surface area contributed by atoms with Crippen LogP contribution < -0.4 is 10.2 Å². The van der Waals surface area contributed by atoms with E-state index < -0.39 is 0 Å². The summed E-state index contributed by atoms with van der Waals surface area (Å²) in [5, 5.41) is 3.32. The Kier molecular flexibility index (Phi) is 8.18. The summed E-state index contributed by atoms with van der Waals surface area (Å²) in [6.07, 6.45) is 4.28. The molecule has 4 heteroatoms. The van der Waals surface area contributed by atoms with E-state index in [1.807, 2.05) is 6.20 Å². The predicted octanol–water partition coefficient (Wildman–Crippen LogP) is 2.44. The summed E-state index contributed by atoms with van der Waals surface area (Å²) in [5.74, 6) is 1.09. The van der Waals surface area contributed by atoms with Gasteiger partial charge >= 0.3 is 0 Å². The van der Waals surface area contributed by atoms with Crippen LogP contribution in [0.15, 0.2) is 18.3 Å². The Labute approximate surface area is 117 Å². The van der Waals surface area contributed by atoms with Crippen molar-refractivity contribution in [1.29, 1.82) is 0 Å². The zero-order valence-electron chi connectivity index (χ0n) is 12.5. The molecule has 1 aromatic heterocycles. The molecule has 1 heterocycles. The lowest BCUT2D eigenvalue weighted by Crippen LogP contribution is -2.26. The van der Waals surface area contributed by atoms with Crippen LogP contribution >= 0.6 is 0 Å². The van der Waals surface area contributed by atoms with E-state index in [-0.39, 0.29) is 0 Å². The van der Waals surface area contributed by atoms with Gasteiger partial charge in [0.25, 0.3) is 0 Å². The molecule has 0 aliphatic heterocycles. The second-order valence-electron chi connectivity index (χ2n) is 4.68. The molecule has 0 radical (unpaired) electrons. The molecule has 0 saturated heterocycles. The molecule has 0 unspecified atom stereocenters. The lowest BCUT2D eigenvalue weighted by Gasteiger charge is -2.22. The highest BCUT2D eigenvalue weighted by Gasteiger charge is 2.05. The minimum absolute atomic E-state index is 0.742. The van der Waals surface area contributed by atoms with Gasteiger partial charge in [0, 0.05) is 39.5 Å². The highest BCUT2D eigenvalue weighted by molar-refractivity contribution is 5.39. The fraction of sp³-hybridized carbons (Fsp3) is 0.667. The Hall–Kier alpha value is -1.13. The van der Waals surface area contributed by atoms with Crippen molar-refractivity contribution in [1.82, 2.24) is 10.3 Å². The van der Waals surface area contributed by atoms with E-state index in [0.717, 1.165) is 51.4 Å². The minimum Gasteiger partial charge on any atom is -0.383 e. The third kappa shape index (κ3) is 6.03. The number of ether oxygens (including phenoxy) is 1. The quantitative estimate of drug-likeness (QED) is 0.659. The second-order valence-corrected chi connectivity index (χ2v) is 4.68. The van der Waals surface area contributed by atoms with Crippen molar-refractivity contribution in [2.45, 2.75) is 33.2 Å². The number of nitrogens with one attached hydrogen (secondary N) is 1. The van der Waals surface area contributed by atoms with Crippen LogP contribution in [0.2, 0.25) is 0 Å². The first-order valence-electron chi connectivity index (χ1n) is 7.21. The monoisotopic (exact) mass is 265 g/mol. The number of hydrogen-bond acceptors (Lipinski definition) is 4. The molecule has 1 rings (SSSR count). The van der Waals surface area contributed by atoms with Crippen molar-refractivity contribution >= 4 is 5.82 Å². The van der Waals surface area contributed by atoms with Crippen molar-refractivity contribution in [2.75, 3.05) is 38.3 Å². The maximum Gasteiger partial charge on any atom is 0.128 e. The van der Waals surface area contributed by atoms with Crippen LogP contribution in [-0.4, -0.2) is 38.3 Å². The largest absolute Gasteiger partial charge is 0.383 e. The topological polar surface area (TPSA) is 37.4 Å². The fourth-order valence-corrected chi connectivity index (χ4v) is 2.00. The highest BCUT2D eigenvalue weighted by Crippen LogP contribution is 2.12. The van der Waals surface area contributed by atoms with Crippen molar-refractivity contribution in [2.24, 2.45) is 0 Å². The molecular formula is C15H27N3O. The Morgan fingerprint density at radius 1 is 1.21 bits per heavy atom. The molecule has 19 heavy (non-hydrogen) atoms. The average molecular weight is 265 g/mol. The van der Waals surface area contributed by atoms with Crippen LogP contribution in [0.5, 0.6) is 0 Å². The predicted molar refractivity (Wildman–Crippen MR) is 80.6 cm³/mol. The number of rotatable bonds is 10. The van der Waals surface area contributed by atoms with Gasteiger partial charge in [-0.3, -0.25) is 0 Å². The molecule has 1 aromatic rings. The maximum absolute atomic E-state index is 5.00. The Balaban J connectivity index is 2.49. The van der Waals surface area contributed by atoms with Gasteiger partial charge in [0.1, 0.15) is 5.82 Å². The molecule has 0 amide bonds. The van der Waals surface area contributed by atoms with Crippen LogP contribution in [0, 0.1) is 0 Å². The normalized spacial score (nSPS) is 10.7. The van der Waals surface area contributed by atoms with Crippen molar-refractivity contribution < 1.29 is 4.74 Å². The van der Waals surface area contributed by atoms with E-state index in [1.165, 1.54) is 5.56 Å². The first-order valence-corrected chi connectivity index (χ1v) is 7.21. The van der Waals surface area contributed by atoms with Gasteiger partial charge in [0.2, 0.25) is 0 Å². The molecule has 0 bridgehead atoms. The number of anilines is 1. The zero-order chi connectivity index (χ0) is 13.9. The molecule has 0 aromatic carbocycles. The molecule has 108 valence electrons. The first kappa shape index (κ1) is 15.9. The molecule has 0 atom stereocenters. The summed E-state index contributed by atoms with van der Waals surface area (Å²) in [6, 6.07) is 4.28. The van der Waals surface area contributed by atoms with Crippen LogP contribution in [0.3, 0.4) is 0 Å². The summed E-state index contributed by atoms with van der Waals surface area (Å²) in [6.45, 7) is 9.02. The van der Waals surface area contributed by atoms with Crippen LogP contribution in [-0.2, 0) is 11.3 Å². The lowest BCUT2D eigenvalue weighted by atomic mass is 10.2. The Bertz CT molecular complexity index is 321. The van der Waals surface area contributed by atoms with Gasteiger partial charge in [-0.2, -0.15) is 0 Å². The van der Waals surface area contributed by atoms with Crippen LogP contribution in [0.1, 0.15) is 32.3 Å². The third-order valence-corrected chi connectivity index (χ3v) is 2.93. The van der Waals surface area contributed by atoms with Gasteiger partial charge in [-0.05, 0) is 24.5 Å². The van der Waals surface area contributed by atoms with E-state index >= 15 is 0 Å². The van der Waals surface area contributed by atoms with Crippen LogP contribution in [0.25, 0.3) is 0 Å². The molecule has 0 spiro atoms. The summed E-state index contributed by atoms with van der Waals surface area (Å²) in [5.41, 5.74) is 1.22. The summed E-state index contributed by atoms with van der Waals surface area (Å²) in [4.78, 5) is 6.92. The van der Waals surface area contributed by atoms with E-state index in [4.69, 9.17) is 4.74 Å².